The molecule has 1 aliphatic rings. The van der Waals surface area contributed by atoms with Gasteiger partial charge in [0.15, 0.2) is 0 Å². The van der Waals surface area contributed by atoms with Gasteiger partial charge in [-0.3, -0.25) is 14.3 Å². The third-order valence-electron chi connectivity index (χ3n) is 5.06. The lowest BCUT2D eigenvalue weighted by atomic mass is 10.1. The van der Waals surface area contributed by atoms with Crippen LogP contribution in [0.15, 0.2) is 48.5 Å². The Morgan fingerprint density at radius 3 is 2.94 bits per heavy atom. The molecule has 0 bridgehead atoms. The van der Waals surface area contributed by atoms with Gasteiger partial charge in [-0.15, -0.1) is 11.3 Å². The molecular weight excluding hydrogens is 414 g/mol. The molecule has 1 aliphatic heterocycles. The van der Waals surface area contributed by atoms with E-state index in [4.69, 9.17) is 4.74 Å². The Kier molecular flexibility index (Phi) is 7.59. The van der Waals surface area contributed by atoms with Crippen molar-refractivity contribution >= 4 is 23.1 Å². The van der Waals surface area contributed by atoms with Gasteiger partial charge in [-0.25, -0.2) is 9.97 Å². The first-order valence-electron chi connectivity index (χ1n) is 10.5. The first-order chi connectivity index (χ1) is 15.3. The molecule has 1 atom stereocenters. The average Bonchev–Trinajstić information content (AvgIpc) is 3.52. The van der Waals surface area contributed by atoms with Crippen molar-refractivity contribution in [3.05, 3.63) is 53.4 Å². The average molecular weight is 442 g/mol. The molecule has 0 aliphatic carbocycles. The number of rotatable bonds is 10. The molecule has 164 valence electrons. The summed E-state index contributed by atoms with van der Waals surface area (Å²) in [5.41, 5.74) is 0. The molecule has 10 heteroatoms. The van der Waals surface area contributed by atoms with Crippen LogP contribution in [0.1, 0.15) is 11.3 Å². The maximum Gasteiger partial charge on any atom is 0.242 e. The summed E-state index contributed by atoms with van der Waals surface area (Å²) in [4.78, 5) is 29.3. The summed E-state index contributed by atoms with van der Waals surface area (Å²) < 4.78 is 7.11. The minimum atomic E-state index is -0.424. The maximum absolute atomic E-state index is 13.0. The number of ether oxygens (including phenoxy) is 1. The van der Waals surface area contributed by atoms with Crippen molar-refractivity contribution in [2.45, 2.75) is 18.9 Å². The lowest BCUT2D eigenvalue weighted by molar-refractivity contribution is -0.121. The molecule has 31 heavy (non-hydrogen) atoms. The van der Waals surface area contributed by atoms with E-state index < -0.39 is 6.04 Å². The Morgan fingerprint density at radius 2 is 2.16 bits per heavy atom. The zero-order valence-corrected chi connectivity index (χ0v) is 18.1. The van der Waals surface area contributed by atoms with E-state index in [-0.39, 0.29) is 5.91 Å². The molecule has 3 aromatic heterocycles. The fraction of sp³-hybridized carbons (Fsp3) is 0.429. The van der Waals surface area contributed by atoms with Crippen LogP contribution in [0.25, 0.3) is 5.95 Å². The highest BCUT2D eigenvalue weighted by atomic mass is 32.1. The van der Waals surface area contributed by atoms with Crippen LogP contribution in [0.3, 0.4) is 0 Å². The van der Waals surface area contributed by atoms with Crippen LogP contribution in [0.2, 0.25) is 0 Å². The predicted molar refractivity (Wildman–Crippen MR) is 119 cm³/mol. The van der Waals surface area contributed by atoms with Gasteiger partial charge in [-0.2, -0.15) is 4.98 Å². The molecule has 3 aromatic rings. The van der Waals surface area contributed by atoms with Crippen molar-refractivity contribution < 1.29 is 9.53 Å². The van der Waals surface area contributed by atoms with Gasteiger partial charge < -0.3 is 15.4 Å². The van der Waals surface area contributed by atoms with E-state index in [9.17, 15) is 4.79 Å². The molecule has 4 rings (SSSR count). The second-order valence-corrected chi connectivity index (χ2v) is 8.32. The first kappa shape index (κ1) is 21.4. The number of hydrogen-bond donors (Lipinski definition) is 2. The van der Waals surface area contributed by atoms with Gasteiger partial charge in [0, 0.05) is 49.5 Å². The first-order valence-corrected chi connectivity index (χ1v) is 11.3. The second kappa shape index (κ2) is 11.0. The van der Waals surface area contributed by atoms with Crippen LogP contribution >= 0.6 is 11.3 Å². The van der Waals surface area contributed by atoms with Crippen molar-refractivity contribution in [2.75, 3.05) is 44.7 Å². The Morgan fingerprint density at radius 1 is 1.26 bits per heavy atom. The lowest BCUT2D eigenvalue weighted by Crippen LogP contribution is -2.43. The largest absolute Gasteiger partial charge is 0.379 e. The zero-order valence-electron chi connectivity index (χ0n) is 17.3. The summed E-state index contributed by atoms with van der Waals surface area (Å²) in [6, 6.07) is 5.39. The Labute approximate surface area is 185 Å². The van der Waals surface area contributed by atoms with Crippen molar-refractivity contribution in [2.24, 2.45) is 0 Å². The molecule has 2 N–H and O–H groups in total. The molecule has 1 amide bonds. The monoisotopic (exact) mass is 441 g/mol. The fourth-order valence-corrected chi connectivity index (χ4v) is 4.16. The molecule has 0 radical (unpaired) electrons. The Bertz CT molecular complexity index is 927. The quantitative estimate of drug-likeness (QED) is 0.461. The number of morpholine rings is 1. The number of nitrogens with one attached hydrogen (secondary N) is 2. The maximum atomic E-state index is 13.0. The highest BCUT2D eigenvalue weighted by Crippen LogP contribution is 2.15. The van der Waals surface area contributed by atoms with E-state index >= 15 is 0 Å². The van der Waals surface area contributed by atoms with Crippen molar-refractivity contribution in [1.82, 2.24) is 29.7 Å². The van der Waals surface area contributed by atoms with Gasteiger partial charge in [0.25, 0.3) is 0 Å². The zero-order chi connectivity index (χ0) is 21.3. The number of carbonyl (C=O) groups excluding carboxylic acids is 1. The standard InChI is InChI=1S/C21H27N7O2S/c29-20(23-5-2-8-27-10-12-30-13-11-27)18(15-17-3-1-14-31-17)25-19-4-6-24-21(26-19)28-9-7-22-16-28/h1,3-4,6-7,9,14,16,18H,2,5,8,10-13,15H2,(H,23,29)(H,24,25,26). The van der Waals surface area contributed by atoms with Crippen molar-refractivity contribution in [3.8, 4) is 5.95 Å². The van der Waals surface area contributed by atoms with E-state index in [1.165, 1.54) is 0 Å². The number of aromatic nitrogens is 4. The topological polar surface area (TPSA) is 97.2 Å². The van der Waals surface area contributed by atoms with Crippen molar-refractivity contribution in [3.63, 3.8) is 0 Å². The number of hydrogen-bond acceptors (Lipinski definition) is 8. The van der Waals surface area contributed by atoms with Crippen LogP contribution < -0.4 is 10.6 Å². The Hall–Kier alpha value is -2.82. The van der Waals surface area contributed by atoms with Gasteiger partial charge in [-0.05, 0) is 30.5 Å². The summed E-state index contributed by atoms with van der Waals surface area (Å²) in [7, 11) is 0. The highest BCUT2D eigenvalue weighted by Gasteiger charge is 2.20. The summed E-state index contributed by atoms with van der Waals surface area (Å²) in [5, 5.41) is 8.40. The molecule has 4 heterocycles. The molecule has 1 fully saturated rings. The van der Waals surface area contributed by atoms with E-state index in [0.29, 0.717) is 24.7 Å². The number of thiophene rings is 1. The highest BCUT2D eigenvalue weighted by molar-refractivity contribution is 7.09. The number of amides is 1. The summed E-state index contributed by atoms with van der Waals surface area (Å²) in [6.07, 6.45) is 8.28. The SMILES string of the molecule is O=C(NCCCN1CCOCC1)C(Cc1cccs1)Nc1ccnc(-n2ccnc2)n1. The van der Waals surface area contributed by atoms with Crippen LogP contribution in [0.5, 0.6) is 0 Å². The summed E-state index contributed by atoms with van der Waals surface area (Å²) >= 11 is 1.64. The Balaban J connectivity index is 1.36. The minimum absolute atomic E-state index is 0.0295. The van der Waals surface area contributed by atoms with Gasteiger partial charge in [-0.1, -0.05) is 6.07 Å². The molecule has 1 saturated heterocycles. The second-order valence-electron chi connectivity index (χ2n) is 7.29. The predicted octanol–water partition coefficient (Wildman–Crippen LogP) is 1.59. The number of anilines is 1. The molecule has 9 nitrogen and oxygen atoms in total. The van der Waals surface area contributed by atoms with Gasteiger partial charge in [0.2, 0.25) is 11.9 Å². The van der Waals surface area contributed by atoms with Crippen LogP contribution in [0.4, 0.5) is 5.82 Å². The molecule has 0 aromatic carbocycles. The summed E-state index contributed by atoms with van der Waals surface area (Å²) in [6.45, 7) is 5.11. The third kappa shape index (κ3) is 6.33. The normalized spacial score (nSPS) is 15.5. The number of imidazole rings is 1. The van der Waals surface area contributed by atoms with E-state index in [0.717, 1.165) is 44.1 Å². The van der Waals surface area contributed by atoms with E-state index in [1.54, 1.807) is 46.9 Å². The lowest BCUT2D eigenvalue weighted by Gasteiger charge is -2.26. The van der Waals surface area contributed by atoms with Gasteiger partial charge in [0.1, 0.15) is 18.2 Å². The van der Waals surface area contributed by atoms with E-state index in [1.807, 2.05) is 17.5 Å². The smallest absolute Gasteiger partial charge is 0.242 e. The van der Waals surface area contributed by atoms with Gasteiger partial charge >= 0.3 is 0 Å². The third-order valence-corrected chi connectivity index (χ3v) is 5.95. The molecule has 0 spiro atoms. The number of carbonyl (C=O) groups is 1. The van der Waals surface area contributed by atoms with Crippen molar-refractivity contribution in [1.29, 1.82) is 0 Å². The summed E-state index contributed by atoms with van der Waals surface area (Å²) in [5.74, 6) is 1.07. The molecule has 1 unspecified atom stereocenters. The fourth-order valence-electron chi connectivity index (χ4n) is 3.41. The van der Waals surface area contributed by atoms with Crippen LogP contribution in [0, 0.1) is 0 Å². The molecule has 0 saturated carbocycles. The van der Waals surface area contributed by atoms with Gasteiger partial charge in [0.05, 0.1) is 13.2 Å². The van der Waals surface area contributed by atoms with Crippen LogP contribution in [-0.4, -0.2) is 75.8 Å². The van der Waals surface area contributed by atoms with Crippen LogP contribution in [-0.2, 0) is 16.0 Å². The van der Waals surface area contributed by atoms with E-state index in [2.05, 4.69) is 30.5 Å². The minimum Gasteiger partial charge on any atom is -0.379 e. The number of nitrogens with zero attached hydrogens (tertiary/aromatic N) is 5. The molecular formula is C21H27N7O2S.